The molecular weight excluding hydrogens is 330 g/mol. The molecular formula is C20H21N3O3. The minimum Gasteiger partial charge on any atom is -0.496 e. The van der Waals surface area contributed by atoms with Crippen LogP contribution in [0.15, 0.2) is 47.3 Å². The van der Waals surface area contributed by atoms with Gasteiger partial charge in [0.1, 0.15) is 23.2 Å². The summed E-state index contributed by atoms with van der Waals surface area (Å²) in [6.45, 7) is 3.93. The second-order valence-electron chi connectivity index (χ2n) is 6.46. The molecule has 0 N–H and O–H groups in total. The Balaban J connectivity index is 1.80. The zero-order chi connectivity index (χ0) is 18.7. The van der Waals surface area contributed by atoms with Gasteiger partial charge in [0.2, 0.25) is 0 Å². The highest BCUT2D eigenvalue weighted by molar-refractivity contribution is 5.84. The Bertz CT molecular complexity index is 993. The van der Waals surface area contributed by atoms with Crippen LogP contribution in [-0.2, 0) is 11.3 Å². The molecule has 0 saturated heterocycles. The molecule has 0 spiro atoms. The monoisotopic (exact) mass is 351 g/mol. The number of methoxy groups -OCH3 is 1. The summed E-state index contributed by atoms with van der Waals surface area (Å²) >= 11 is 0. The smallest absolute Gasteiger partial charge is 0.281 e. The lowest BCUT2D eigenvalue weighted by atomic mass is 9.95. The van der Waals surface area contributed by atoms with Crippen LogP contribution in [0.25, 0.3) is 10.9 Å². The number of hydrogen-bond acceptors (Lipinski definition) is 5. The average molecular weight is 351 g/mol. The summed E-state index contributed by atoms with van der Waals surface area (Å²) in [5.74, 6) is 0.432. The summed E-state index contributed by atoms with van der Waals surface area (Å²) in [5.41, 5.74) is 2.36. The summed E-state index contributed by atoms with van der Waals surface area (Å²) in [4.78, 5) is 25.1. The van der Waals surface area contributed by atoms with E-state index in [1.165, 1.54) is 12.7 Å². The zero-order valence-electron chi connectivity index (χ0n) is 15.1. The summed E-state index contributed by atoms with van der Waals surface area (Å²) in [6.07, 6.45) is 0.334. The van der Waals surface area contributed by atoms with Crippen LogP contribution in [0.4, 0.5) is 0 Å². The first-order valence-corrected chi connectivity index (χ1v) is 8.48. The molecule has 134 valence electrons. The fraction of sp³-hybridized carbons (Fsp3) is 0.300. The predicted molar refractivity (Wildman–Crippen MR) is 99.6 cm³/mol. The van der Waals surface area contributed by atoms with Crippen LogP contribution in [0, 0.1) is 6.92 Å². The van der Waals surface area contributed by atoms with Gasteiger partial charge in [-0.2, -0.15) is 0 Å². The van der Waals surface area contributed by atoms with Crippen molar-refractivity contribution in [1.29, 1.82) is 0 Å². The van der Waals surface area contributed by atoms with Crippen LogP contribution < -0.4 is 10.3 Å². The van der Waals surface area contributed by atoms with E-state index >= 15 is 0 Å². The SMILES string of the molecule is COc1cccc2nnn(CC(=O)C[C@@H](C)c3ccc(C)cc3)c(=O)c12. The predicted octanol–water partition coefficient (Wildman–Crippen LogP) is 2.87. The van der Waals surface area contributed by atoms with E-state index in [-0.39, 0.29) is 23.8 Å². The Kier molecular flexibility index (Phi) is 5.11. The Hall–Kier alpha value is -3.02. The highest BCUT2D eigenvalue weighted by atomic mass is 16.5. The standard InChI is InChI=1S/C20H21N3O3/c1-13-7-9-15(10-8-13)14(2)11-16(24)12-23-20(25)19-17(21-22-23)5-4-6-18(19)26-3/h4-10,14H,11-12H2,1-3H3/t14-/m1/s1. The number of carbonyl (C=O) groups is 1. The average Bonchev–Trinajstić information content (AvgIpc) is 2.64. The van der Waals surface area contributed by atoms with Gasteiger partial charge in [0.15, 0.2) is 5.78 Å². The Morgan fingerprint density at radius 3 is 2.62 bits per heavy atom. The molecule has 0 saturated carbocycles. The first kappa shape index (κ1) is 17.8. The van der Waals surface area contributed by atoms with E-state index in [2.05, 4.69) is 10.3 Å². The van der Waals surface area contributed by atoms with Crippen LogP contribution in [0.1, 0.15) is 30.4 Å². The number of hydrogen-bond donors (Lipinski definition) is 0. The molecule has 3 rings (SSSR count). The number of Topliss-reactive ketones (excluding diaryl/α,β-unsaturated/α-hetero) is 1. The zero-order valence-corrected chi connectivity index (χ0v) is 15.1. The number of rotatable bonds is 6. The molecule has 1 heterocycles. The maximum Gasteiger partial charge on any atom is 0.281 e. The normalized spacial score (nSPS) is 12.1. The van der Waals surface area contributed by atoms with Gasteiger partial charge in [0.25, 0.3) is 5.56 Å². The van der Waals surface area contributed by atoms with Crippen molar-refractivity contribution < 1.29 is 9.53 Å². The molecule has 2 aromatic carbocycles. The van der Waals surface area contributed by atoms with Crippen LogP contribution in [0.3, 0.4) is 0 Å². The van der Waals surface area contributed by atoms with Crippen molar-refractivity contribution in [1.82, 2.24) is 15.0 Å². The van der Waals surface area contributed by atoms with Gasteiger partial charge >= 0.3 is 0 Å². The molecule has 0 fully saturated rings. The molecule has 0 radical (unpaired) electrons. The van der Waals surface area contributed by atoms with Crippen LogP contribution in [0.5, 0.6) is 5.75 Å². The highest BCUT2D eigenvalue weighted by Gasteiger charge is 2.16. The lowest BCUT2D eigenvalue weighted by Gasteiger charge is -2.12. The maximum atomic E-state index is 12.7. The Morgan fingerprint density at radius 1 is 1.19 bits per heavy atom. The van der Waals surface area contributed by atoms with Gasteiger partial charge in [-0.1, -0.05) is 48.0 Å². The largest absolute Gasteiger partial charge is 0.496 e. The summed E-state index contributed by atoms with van der Waals surface area (Å²) in [5, 5.41) is 8.26. The first-order chi connectivity index (χ1) is 12.5. The lowest BCUT2D eigenvalue weighted by molar-refractivity contribution is -0.120. The quantitative estimate of drug-likeness (QED) is 0.683. The van der Waals surface area contributed by atoms with Gasteiger partial charge in [0.05, 0.1) is 7.11 Å². The number of nitrogens with zero attached hydrogens (tertiary/aromatic N) is 3. The van der Waals surface area contributed by atoms with E-state index in [0.717, 1.165) is 10.2 Å². The highest BCUT2D eigenvalue weighted by Crippen LogP contribution is 2.21. The van der Waals surface area contributed by atoms with Crippen LogP contribution in [0.2, 0.25) is 0 Å². The number of ether oxygens (including phenoxy) is 1. The number of benzene rings is 2. The van der Waals surface area contributed by atoms with Crippen LogP contribution >= 0.6 is 0 Å². The van der Waals surface area contributed by atoms with E-state index < -0.39 is 0 Å². The molecule has 3 aromatic rings. The van der Waals surface area contributed by atoms with E-state index in [1.54, 1.807) is 18.2 Å². The third kappa shape index (κ3) is 3.64. The molecule has 26 heavy (non-hydrogen) atoms. The number of aromatic nitrogens is 3. The van der Waals surface area contributed by atoms with Gasteiger partial charge in [0, 0.05) is 6.42 Å². The number of carbonyl (C=O) groups excluding carboxylic acids is 1. The fourth-order valence-corrected chi connectivity index (χ4v) is 2.95. The van der Waals surface area contributed by atoms with E-state index in [4.69, 9.17) is 4.74 Å². The number of aryl methyl sites for hydroxylation is 1. The minimum atomic E-state index is -0.371. The second-order valence-corrected chi connectivity index (χ2v) is 6.46. The van der Waals surface area contributed by atoms with Gasteiger partial charge in [-0.15, -0.1) is 5.10 Å². The Labute approximate surface area is 151 Å². The van der Waals surface area contributed by atoms with Crippen molar-refractivity contribution in [3.63, 3.8) is 0 Å². The van der Waals surface area contributed by atoms with Crippen molar-refractivity contribution in [3.05, 3.63) is 63.9 Å². The number of fused-ring (bicyclic) bond motifs is 1. The van der Waals surface area contributed by atoms with Gasteiger partial charge in [-0.05, 0) is 30.5 Å². The third-order valence-electron chi connectivity index (χ3n) is 4.44. The van der Waals surface area contributed by atoms with Crippen molar-refractivity contribution in [3.8, 4) is 5.75 Å². The van der Waals surface area contributed by atoms with Gasteiger partial charge in [-0.3, -0.25) is 9.59 Å². The molecule has 1 atom stereocenters. The Morgan fingerprint density at radius 2 is 1.92 bits per heavy atom. The molecule has 0 amide bonds. The number of ketones is 1. The second kappa shape index (κ2) is 7.47. The van der Waals surface area contributed by atoms with E-state index in [0.29, 0.717) is 23.1 Å². The fourth-order valence-electron chi connectivity index (χ4n) is 2.95. The molecule has 0 bridgehead atoms. The summed E-state index contributed by atoms with van der Waals surface area (Å²) in [6, 6.07) is 13.2. The molecule has 6 heteroatoms. The first-order valence-electron chi connectivity index (χ1n) is 8.48. The topological polar surface area (TPSA) is 74.1 Å². The van der Waals surface area contributed by atoms with Crippen LogP contribution in [-0.4, -0.2) is 27.9 Å². The third-order valence-corrected chi connectivity index (χ3v) is 4.44. The summed E-state index contributed by atoms with van der Waals surface area (Å²) < 4.78 is 6.34. The van der Waals surface area contributed by atoms with Crippen molar-refractivity contribution in [2.75, 3.05) is 7.11 Å². The van der Waals surface area contributed by atoms with Crippen molar-refractivity contribution >= 4 is 16.7 Å². The summed E-state index contributed by atoms with van der Waals surface area (Å²) in [7, 11) is 1.49. The van der Waals surface area contributed by atoms with Gasteiger partial charge < -0.3 is 4.74 Å². The maximum absolute atomic E-state index is 12.7. The lowest BCUT2D eigenvalue weighted by Crippen LogP contribution is -2.28. The van der Waals surface area contributed by atoms with E-state index in [1.807, 2.05) is 38.1 Å². The molecule has 6 nitrogen and oxygen atoms in total. The molecule has 0 unspecified atom stereocenters. The van der Waals surface area contributed by atoms with Crippen molar-refractivity contribution in [2.45, 2.75) is 32.7 Å². The molecule has 0 aliphatic rings. The van der Waals surface area contributed by atoms with Gasteiger partial charge in [-0.25, -0.2) is 4.68 Å². The van der Waals surface area contributed by atoms with E-state index in [9.17, 15) is 9.59 Å². The molecule has 0 aliphatic carbocycles. The molecule has 0 aliphatic heterocycles. The van der Waals surface area contributed by atoms with Crippen molar-refractivity contribution in [2.24, 2.45) is 0 Å². The molecule has 1 aromatic heterocycles. The minimum absolute atomic E-state index is 0.0660.